The van der Waals surface area contributed by atoms with Crippen molar-refractivity contribution in [3.63, 3.8) is 0 Å². The number of aromatic nitrogens is 2. The van der Waals surface area contributed by atoms with E-state index in [4.69, 9.17) is 29.0 Å². The van der Waals surface area contributed by atoms with Crippen LogP contribution in [0.5, 0.6) is 0 Å². The lowest BCUT2D eigenvalue weighted by molar-refractivity contribution is 0.521. The van der Waals surface area contributed by atoms with Gasteiger partial charge in [0, 0.05) is 23.7 Å². The summed E-state index contributed by atoms with van der Waals surface area (Å²) in [7, 11) is 1.79. The Balaban J connectivity index is 2.17. The van der Waals surface area contributed by atoms with E-state index in [-0.39, 0.29) is 11.9 Å². The second-order valence-electron chi connectivity index (χ2n) is 4.99. The number of nitrogens with two attached hydrogens (primary N) is 1. The molecule has 0 aliphatic carbocycles. The summed E-state index contributed by atoms with van der Waals surface area (Å²) in [5, 5.41) is 5.26. The van der Waals surface area contributed by atoms with Crippen molar-refractivity contribution in [2.24, 2.45) is 12.9 Å². The van der Waals surface area contributed by atoms with Gasteiger partial charge in [-0.3, -0.25) is 16.0 Å². The van der Waals surface area contributed by atoms with Gasteiger partial charge < -0.3 is 0 Å². The summed E-state index contributed by atoms with van der Waals surface area (Å²) in [6, 6.07) is 4.28. The predicted octanol–water partition coefficient (Wildman–Crippen LogP) is 2.79. The fourth-order valence-electron chi connectivity index (χ4n) is 2.29. The molecule has 0 saturated heterocycles. The van der Waals surface area contributed by atoms with Crippen molar-refractivity contribution in [3.8, 4) is 0 Å². The summed E-state index contributed by atoms with van der Waals surface area (Å²) in [4.78, 5) is 0. The summed E-state index contributed by atoms with van der Waals surface area (Å²) in [5.41, 5.74) is 5.40. The molecule has 1 atom stereocenters. The highest BCUT2D eigenvalue weighted by Crippen LogP contribution is 2.23. The molecule has 0 fully saturated rings. The quantitative estimate of drug-likeness (QED) is 0.654. The molecular weight excluding hydrogens is 314 g/mol. The Kier molecular flexibility index (Phi) is 5.22. The molecule has 2 aromatic rings. The number of halogens is 3. The molecule has 0 saturated carbocycles. The van der Waals surface area contributed by atoms with E-state index in [2.05, 4.69) is 10.5 Å². The third kappa shape index (κ3) is 3.74. The molecule has 0 aliphatic heterocycles. The summed E-state index contributed by atoms with van der Waals surface area (Å²) in [6.45, 7) is 1.90. The topological polar surface area (TPSA) is 55.9 Å². The molecule has 1 aromatic heterocycles. The molecule has 2 rings (SSSR count). The number of nitrogens with zero attached hydrogens (tertiary/aromatic N) is 2. The molecular formula is C14H17Cl2FN4. The zero-order valence-corrected chi connectivity index (χ0v) is 13.3. The maximum absolute atomic E-state index is 13.1. The average molecular weight is 331 g/mol. The maximum atomic E-state index is 13.1. The van der Waals surface area contributed by atoms with Gasteiger partial charge in [-0.25, -0.2) is 4.39 Å². The molecule has 0 amide bonds. The lowest BCUT2D eigenvalue weighted by Crippen LogP contribution is -2.38. The van der Waals surface area contributed by atoms with Crippen LogP contribution < -0.4 is 11.3 Å². The maximum Gasteiger partial charge on any atom is 0.130 e. The zero-order valence-electron chi connectivity index (χ0n) is 11.8. The van der Waals surface area contributed by atoms with Crippen LogP contribution >= 0.6 is 23.2 Å². The Morgan fingerprint density at radius 1 is 1.38 bits per heavy atom. The molecule has 1 unspecified atom stereocenters. The van der Waals surface area contributed by atoms with E-state index in [1.807, 2.05) is 6.92 Å². The minimum absolute atomic E-state index is 0.0756. The predicted molar refractivity (Wildman–Crippen MR) is 82.9 cm³/mol. The van der Waals surface area contributed by atoms with Gasteiger partial charge in [-0.1, -0.05) is 29.3 Å². The first-order chi connectivity index (χ1) is 9.92. The van der Waals surface area contributed by atoms with Crippen LogP contribution in [0.2, 0.25) is 10.2 Å². The van der Waals surface area contributed by atoms with E-state index in [1.165, 1.54) is 12.1 Å². The lowest BCUT2D eigenvalue weighted by Gasteiger charge is -2.17. The molecule has 1 aromatic carbocycles. The third-order valence-corrected chi connectivity index (χ3v) is 4.26. The standard InChI is InChI=1S/C14H17Cl2FN4/c1-8-12(14(16)21(2)20-8)7-11(19-18)5-9-3-4-10(17)6-13(9)15/h3-4,6,11,19H,5,7,18H2,1-2H3. The van der Waals surface area contributed by atoms with E-state index in [0.29, 0.717) is 23.0 Å². The largest absolute Gasteiger partial charge is 0.271 e. The minimum Gasteiger partial charge on any atom is -0.271 e. The molecule has 0 bridgehead atoms. The first-order valence-electron chi connectivity index (χ1n) is 6.50. The second kappa shape index (κ2) is 6.75. The molecule has 0 aliphatic rings. The van der Waals surface area contributed by atoms with Gasteiger partial charge in [0.05, 0.1) is 5.69 Å². The van der Waals surface area contributed by atoms with Gasteiger partial charge in [-0.05, 0) is 37.5 Å². The molecule has 0 radical (unpaired) electrons. The van der Waals surface area contributed by atoms with Gasteiger partial charge in [0.1, 0.15) is 11.0 Å². The zero-order chi connectivity index (χ0) is 15.6. The van der Waals surface area contributed by atoms with Gasteiger partial charge in [0.25, 0.3) is 0 Å². The number of hydrogen-bond donors (Lipinski definition) is 2. The fourth-order valence-corrected chi connectivity index (χ4v) is 2.79. The van der Waals surface area contributed by atoms with Gasteiger partial charge >= 0.3 is 0 Å². The van der Waals surface area contributed by atoms with Gasteiger partial charge in [-0.15, -0.1) is 0 Å². The first kappa shape index (κ1) is 16.2. The van der Waals surface area contributed by atoms with Crippen molar-refractivity contribution in [1.82, 2.24) is 15.2 Å². The van der Waals surface area contributed by atoms with E-state index in [9.17, 15) is 4.39 Å². The SMILES string of the molecule is Cc1nn(C)c(Cl)c1CC(Cc1ccc(F)cc1Cl)NN. The van der Waals surface area contributed by atoms with E-state index < -0.39 is 0 Å². The van der Waals surface area contributed by atoms with Crippen LogP contribution in [0.25, 0.3) is 0 Å². The molecule has 0 spiro atoms. The van der Waals surface area contributed by atoms with Crippen LogP contribution in [0.15, 0.2) is 18.2 Å². The second-order valence-corrected chi connectivity index (χ2v) is 5.75. The Morgan fingerprint density at radius 2 is 2.10 bits per heavy atom. The summed E-state index contributed by atoms with van der Waals surface area (Å²) >= 11 is 12.3. The highest BCUT2D eigenvalue weighted by atomic mass is 35.5. The number of nitrogens with one attached hydrogen (secondary N) is 1. The van der Waals surface area contributed by atoms with Crippen molar-refractivity contribution < 1.29 is 4.39 Å². The van der Waals surface area contributed by atoms with E-state index in [1.54, 1.807) is 17.8 Å². The van der Waals surface area contributed by atoms with Crippen molar-refractivity contribution in [1.29, 1.82) is 0 Å². The molecule has 21 heavy (non-hydrogen) atoms. The fraction of sp³-hybridized carbons (Fsp3) is 0.357. The van der Waals surface area contributed by atoms with Crippen LogP contribution in [-0.4, -0.2) is 15.8 Å². The normalized spacial score (nSPS) is 12.7. The Hall–Kier alpha value is -1.14. The molecule has 4 nitrogen and oxygen atoms in total. The molecule has 1 heterocycles. The minimum atomic E-state index is -0.354. The van der Waals surface area contributed by atoms with Gasteiger partial charge in [0.2, 0.25) is 0 Å². The Bertz CT molecular complexity index is 642. The smallest absolute Gasteiger partial charge is 0.130 e. The van der Waals surface area contributed by atoms with Crippen molar-refractivity contribution in [3.05, 3.63) is 51.0 Å². The number of benzene rings is 1. The molecule has 3 N–H and O–H groups in total. The van der Waals surface area contributed by atoms with Crippen LogP contribution in [0.1, 0.15) is 16.8 Å². The van der Waals surface area contributed by atoms with Crippen LogP contribution in [0.3, 0.4) is 0 Å². The number of aryl methyl sites for hydroxylation is 2. The number of hydrazine groups is 1. The highest BCUT2D eigenvalue weighted by Gasteiger charge is 2.18. The monoisotopic (exact) mass is 330 g/mol. The average Bonchev–Trinajstić information content (AvgIpc) is 2.67. The number of rotatable bonds is 5. The molecule has 7 heteroatoms. The van der Waals surface area contributed by atoms with Crippen molar-refractivity contribution in [2.45, 2.75) is 25.8 Å². The van der Waals surface area contributed by atoms with Crippen LogP contribution in [0.4, 0.5) is 4.39 Å². The first-order valence-corrected chi connectivity index (χ1v) is 7.26. The Labute approximate surface area is 133 Å². The van der Waals surface area contributed by atoms with Gasteiger partial charge in [0.15, 0.2) is 0 Å². The van der Waals surface area contributed by atoms with Gasteiger partial charge in [-0.2, -0.15) is 5.10 Å². The van der Waals surface area contributed by atoms with Crippen LogP contribution in [-0.2, 0) is 19.9 Å². The third-order valence-electron chi connectivity index (χ3n) is 3.44. The van der Waals surface area contributed by atoms with Crippen molar-refractivity contribution >= 4 is 23.2 Å². The summed E-state index contributed by atoms with van der Waals surface area (Å²) < 4.78 is 14.7. The van der Waals surface area contributed by atoms with Crippen molar-refractivity contribution in [2.75, 3.05) is 0 Å². The summed E-state index contributed by atoms with van der Waals surface area (Å²) in [6.07, 6.45) is 1.18. The Morgan fingerprint density at radius 3 is 2.62 bits per heavy atom. The summed E-state index contributed by atoms with van der Waals surface area (Å²) in [5.74, 6) is 5.26. The lowest BCUT2D eigenvalue weighted by atomic mass is 10.00. The molecule has 114 valence electrons. The highest BCUT2D eigenvalue weighted by molar-refractivity contribution is 6.31. The van der Waals surface area contributed by atoms with Crippen LogP contribution in [0, 0.1) is 12.7 Å². The number of hydrogen-bond acceptors (Lipinski definition) is 3. The van der Waals surface area contributed by atoms with E-state index >= 15 is 0 Å². The van der Waals surface area contributed by atoms with E-state index in [0.717, 1.165) is 16.8 Å².